The standard InChI is InChI=1S/C16H16Cl2FNO/c1-3-21-16-8-13(17)12(7-14(16)18)10-4-5-15(19)11(6-10)9-20-2/h4-8,20H,3,9H2,1-2H3. The van der Waals surface area contributed by atoms with Gasteiger partial charge in [0.1, 0.15) is 11.6 Å². The van der Waals surface area contributed by atoms with Crippen molar-refractivity contribution in [1.82, 2.24) is 5.32 Å². The van der Waals surface area contributed by atoms with Crippen LogP contribution in [0.5, 0.6) is 5.75 Å². The van der Waals surface area contributed by atoms with E-state index < -0.39 is 0 Å². The van der Waals surface area contributed by atoms with Gasteiger partial charge in [0.2, 0.25) is 0 Å². The van der Waals surface area contributed by atoms with Crippen LogP contribution in [0.3, 0.4) is 0 Å². The second-order valence-corrected chi connectivity index (χ2v) is 5.35. The Balaban J connectivity index is 2.46. The summed E-state index contributed by atoms with van der Waals surface area (Å²) in [6, 6.07) is 8.31. The molecule has 1 N–H and O–H groups in total. The fraction of sp³-hybridized carbons (Fsp3) is 0.250. The minimum absolute atomic E-state index is 0.249. The first kappa shape index (κ1) is 16.1. The van der Waals surface area contributed by atoms with Crippen LogP contribution in [0.1, 0.15) is 12.5 Å². The SMILES string of the molecule is CCOc1cc(Cl)c(-c2ccc(F)c(CNC)c2)cc1Cl. The first-order valence-corrected chi connectivity index (χ1v) is 7.37. The molecule has 2 aromatic carbocycles. The summed E-state index contributed by atoms with van der Waals surface area (Å²) >= 11 is 12.5. The van der Waals surface area contributed by atoms with Crippen LogP contribution in [0.2, 0.25) is 10.0 Å². The van der Waals surface area contributed by atoms with Gasteiger partial charge in [-0.1, -0.05) is 29.3 Å². The van der Waals surface area contributed by atoms with Gasteiger partial charge in [-0.3, -0.25) is 0 Å². The van der Waals surface area contributed by atoms with E-state index in [1.165, 1.54) is 6.07 Å². The summed E-state index contributed by atoms with van der Waals surface area (Å²) in [7, 11) is 1.77. The van der Waals surface area contributed by atoms with E-state index in [1.54, 1.807) is 31.3 Å². The third-order valence-electron chi connectivity index (χ3n) is 3.05. The average molecular weight is 328 g/mol. The molecule has 0 saturated carbocycles. The summed E-state index contributed by atoms with van der Waals surface area (Å²) in [5.74, 6) is 0.298. The Morgan fingerprint density at radius 1 is 1.14 bits per heavy atom. The zero-order valence-corrected chi connectivity index (χ0v) is 13.4. The van der Waals surface area contributed by atoms with E-state index >= 15 is 0 Å². The van der Waals surface area contributed by atoms with Gasteiger partial charge in [-0.05, 0) is 37.7 Å². The van der Waals surface area contributed by atoms with Crippen molar-refractivity contribution in [2.45, 2.75) is 13.5 Å². The summed E-state index contributed by atoms with van der Waals surface area (Å²) < 4.78 is 19.1. The zero-order valence-electron chi connectivity index (χ0n) is 11.8. The molecule has 0 aliphatic carbocycles. The van der Waals surface area contributed by atoms with E-state index in [9.17, 15) is 4.39 Å². The third-order valence-corrected chi connectivity index (χ3v) is 3.65. The van der Waals surface area contributed by atoms with Crippen molar-refractivity contribution in [3.63, 3.8) is 0 Å². The number of rotatable bonds is 5. The molecule has 5 heteroatoms. The van der Waals surface area contributed by atoms with Gasteiger partial charge in [-0.15, -0.1) is 0 Å². The lowest BCUT2D eigenvalue weighted by Crippen LogP contribution is -2.07. The fourth-order valence-corrected chi connectivity index (χ4v) is 2.57. The molecule has 0 atom stereocenters. The van der Waals surface area contributed by atoms with E-state index in [1.807, 2.05) is 6.92 Å². The first-order chi connectivity index (χ1) is 10.1. The van der Waals surface area contributed by atoms with E-state index in [0.29, 0.717) is 34.5 Å². The molecule has 0 radical (unpaired) electrons. The molecule has 2 rings (SSSR count). The Morgan fingerprint density at radius 3 is 2.57 bits per heavy atom. The van der Waals surface area contributed by atoms with Crippen molar-refractivity contribution in [1.29, 1.82) is 0 Å². The van der Waals surface area contributed by atoms with Gasteiger partial charge in [0.15, 0.2) is 0 Å². The molecule has 0 bridgehead atoms. The minimum atomic E-state index is -0.249. The van der Waals surface area contributed by atoms with Crippen LogP contribution >= 0.6 is 23.2 Å². The van der Waals surface area contributed by atoms with Crippen molar-refractivity contribution in [3.05, 3.63) is 51.8 Å². The lowest BCUT2D eigenvalue weighted by atomic mass is 10.0. The molecule has 21 heavy (non-hydrogen) atoms. The molecule has 0 aliphatic rings. The lowest BCUT2D eigenvalue weighted by Gasteiger charge is -2.12. The van der Waals surface area contributed by atoms with Gasteiger partial charge in [0, 0.05) is 23.7 Å². The van der Waals surface area contributed by atoms with Gasteiger partial charge in [0.25, 0.3) is 0 Å². The monoisotopic (exact) mass is 327 g/mol. The van der Waals surface area contributed by atoms with Gasteiger partial charge in [-0.25, -0.2) is 4.39 Å². The van der Waals surface area contributed by atoms with Crippen LogP contribution in [-0.4, -0.2) is 13.7 Å². The molecular formula is C16H16Cl2FNO. The number of nitrogens with one attached hydrogen (secondary N) is 1. The van der Waals surface area contributed by atoms with Gasteiger partial charge in [0.05, 0.1) is 16.7 Å². The summed E-state index contributed by atoms with van der Waals surface area (Å²) in [6.07, 6.45) is 0. The number of benzene rings is 2. The highest BCUT2D eigenvalue weighted by Gasteiger charge is 2.12. The Morgan fingerprint density at radius 2 is 1.90 bits per heavy atom. The second kappa shape index (κ2) is 7.12. The van der Waals surface area contributed by atoms with E-state index in [2.05, 4.69) is 5.32 Å². The van der Waals surface area contributed by atoms with Crippen LogP contribution in [0.25, 0.3) is 11.1 Å². The van der Waals surface area contributed by atoms with Crippen LogP contribution in [0.15, 0.2) is 30.3 Å². The van der Waals surface area contributed by atoms with E-state index in [0.717, 1.165) is 11.1 Å². The molecule has 0 aliphatic heterocycles. The van der Waals surface area contributed by atoms with Gasteiger partial charge in [-0.2, -0.15) is 0 Å². The summed E-state index contributed by atoms with van der Waals surface area (Å²) in [4.78, 5) is 0. The largest absolute Gasteiger partial charge is 0.492 e. The highest BCUT2D eigenvalue weighted by atomic mass is 35.5. The second-order valence-electron chi connectivity index (χ2n) is 4.53. The normalized spacial score (nSPS) is 10.7. The average Bonchev–Trinajstić information content (AvgIpc) is 2.45. The predicted molar refractivity (Wildman–Crippen MR) is 85.8 cm³/mol. The van der Waals surface area contributed by atoms with Gasteiger partial charge < -0.3 is 10.1 Å². The summed E-state index contributed by atoms with van der Waals surface area (Å²) in [5, 5.41) is 3.94. The van der Waals surface area contributed by atoms with Crippen molar-refractivity contribution in [3.8, 4) is 16.9 Å². The van der Waals surface area contributed by atoms with E-state index in [-0.39, 0.29) is 5.82 Å². The van der Waals surface area contributed by atoms with Crippen LogP contribution < -0.4 is 10.1 Å². The molecule has 0 heterocycles. The summed E-state index contributed by atoms with van der Waals surface area (Å²) in [6.45, 7) is 2.84. The lowest BCUT2D eigenvalue weighted by molar-refractivity contribution is 0.340. The van der Waals surface area contributed by atoms with Crippen LogP contribution in [0.4, 0.5) is 4.39 Å². The maximum atomic E-state index is 13.7. The molecule has 0 unspecified atom stereocenters. The molecule has 0 amide bonds. The van der Waals surface area contributed by atoms with Crippen molar-refractivity contribution in [2.24, 2.45) is 0 Å². The number of hydrogen-bond donors (Lipinski definition) is 1. The number of halogens is 3. The van der Waals surface area contributed by atoms with Crippen LogP contribution in [-0.2, 0) is 6.54 Å². The van der Waals surface area contributed by atoms with Crippen molar-refractivity contribution in [2.75, 3.05) is 13.7 Å². The highest BCUT2D eigenvalue weighted by molar-refractivity contribution is 6.36. The van der Waals surface area contributed by atoms with Gasteiger partial charge >= 0.3 is 0 Å². The number of hydrogen-bond acceptors (Lipinski definition) is 2. The molecule has 0 aromatic heterocycles. The summed E-state index contributed by atoms with van der Waals surface area (Å²) in [5.41, 5.74) is 2.15. The topological polar surface area (TPSA) is 21.3 Å². The quantitative estimate of drug-likeness (QED) is 0.841. The minimum Gasteiger partial charge on any atom is -0.492 e. The molecule has 0 fully saturated rings. The highest BCUT2D eigenvalue weighted by Crippen LogP contribution is 2.37. The fourth-order valence-electron chi connectivity index (χ4n) is 2.08. The Hall–Kier alpha value is -1.29. The Kier molecular flexibility index (Phi) is 5.45. The zero-order chi connectivity index (χ0) is 15.4. The molecule has 2 nitrogen and oxygen atoms in total. The first-order valence-electron chi connectivity index (χ1n) is 6.62. The Labute approximate surface area is 133 Å². The van der Waals surface area contributed by atoms with E-state index in [4.69, 9.17) is 27.9 Å². The third kappa shape index (κ3) is 3.67. The van der Waals surface area contributed by atoms with Crippen molar-refractivity contribution >= 4 is 23.2 Å². The maximum absolute atomic E-state index is 13.7. The smallest absolute Gasteiger partial charge is 0.139 e. The van der Waals surface area contributed by atoms with Crippen LogP contribution in [0, 0.1) is 5.82 Å². The molecule has 0 saturated heterocycles. The molecular weight excluding hydrogens is 312 g/mol. The Bertz CT molecular complexity index is 646. The molecule has 2 aromatic rings. The predicted octanol–water partition coefficient (Wildman–Crippen LogP) is 4.92. The number of ether oxygens (including phenoxy) is 1. The maximum Gasteiger partial charge on any atom is 0.139 e. The molecule has 112 valence electrons. The van der Waals surface area contributed by atoms with Crippen molar-refractivity contribution < 1.29 is 9.13 Å². The molecule has 0 spiro atoms.